The molecule has 1 amide bonds. The second-order valence-corrected chi connectivity index (χ2v) is 5.45. The Morgan fingerprint density at radius 3 is 2.68 bits per heavy atom. The largest absolute Gasteiger partial charge is 0.348 e. The highest BCUT2D eigenvalue weighted by atomic mass is 16.1. The van der Waals surface area contributed by atoms with Crippen LogP contribution in [0.2, 0.25) is 0 Å². The number of nitrogens with zero attached hydrogens (tertiary/aromatic N) is 4. The van der Waals surface area contributed by atoms with Gasteiger partial charge < -0.3 is 10.2 Å². The number of carbonyl (C=O) groups is 1. The molecule has 1 fully saturated rings. The summed E-state index contributed by atoms with van der Waals surface area (Å²) in [6.07, 6.45) is 5.19. The average molecular weight is 297 g/mol. The lowest BCUT2D eigenvalue weighted by Crippen LogP contribution is -2.45. The average Bonchev–Trinajstić information content (AvgIpc) is 2.56. The van der Waals surface area contributed by atoms with Crippen molar-refractivity contribution in [2.75, 3.05) is 18.0 Å². The topological polar surface area (TPSA) is 71.0 Å². The number of hydrogen-bond acceptors (Lipinski definition) is 5. The summed E-state index contributed by atoms with van der Waals surface area (Å²) in [6.45, 7) is 3.65. The molecule has 22 heavy (non-hydrogen) atoms. The van der Waals surface area contributed by atoms with Gasteiger partial charge in [-0.1, -0.05) is 6.07 Å². The molecular formula is C16H19N5O. The van der Waals surface area contributed by atoms with E-state index in [2.05, 4.69) is 25.2 Å². The molecular weight excluding hydrogens is 278 g/mol. The Morgan fingerprint density at radius 2 is 2.00 bits per heavy atom. The zero-order valence-corrected chi connectivity index (χ0v) is 12.6. The van der Waals surface area contributed by atoms with E-state index in [1.165, 1.54) is 0 Å². The SMILES string of the molecule is Cc1ccnc(N2CCC(NC(=O)c3ccccn3)CC2)n1. The Balaban J connectivity index is 1.55. The van der Waals surface area contributed by atoms with Gasteiger partial charge in [0.05, 0.1) is 0 Å². The summed E-state index contributed by atoms with van der Waals surface area (Å²) in [5.41, 5.74) is 1.43. The molecule has 6 heteroatoms. The van der Waals surface area contributed by atoms with Crippen molar-refractivity contribution in [3.8, 4) is 0 Å². The van der Waals surface area contributed by atoms with Gasteiger partial charge in [-0.15, -0.1) is 0 Å². The van der Waals surface area contributed by atoms with Crippen molar-refractivity contribution in [2.24, 2.45) is 0 Å². The van der Waals surface area contributed by atoms with E-state index in [1.54, 1.807) is 24.5 Å². The lowest BCUT2D eigenvalue weighted by Gasteiger charge is -2.32. The van der Waals surface area contributed by atoms with Crippen LogP contribution in [0.4, 0.5) is 5.95 Å². The number of pyridine rings is 1. The maximum Gasteiger partial charge on any atom is 0.270 e. The van der Waals surface area contributed by atoms with Gasteiger partial charge in [-0.25, -0.2) is 9.97 Å². The van der Waals surface area contributed by atoms with Gasteiger partial charge in [-0.3, -0.25) is 9.78 Å². The van der Waals surface area contributed by atoms with Gasteiger partial charge in [0.15, 0.2) is 0 Å². The van der Waals surface area contributed by atoms with Crippen LogP contribution in [0.3, 0.4) is 0 Å². The fourth-order valence-corrected chi connectivity index (χ4v) is 2.57. The van der Waals surface area contributed by atoms with E-state index >= 15 is 0 Å². The molecule has 6 nitrogen and oxygen atoms in total. The van der Waals surface area contributed by atoms with E-state index in [1.807, 2.05) is 19.1 Å². The number of amides is 1. The molecule has 0 spiro atoms. The Hall–Kier alpha value is -2.50. The number of piperidine rings is 1. The minimum absolute atomic E-state index is 0.106. The number of aromatic nitrogens is 3. The van der Waals surface area contributed by atoms with Crippen LogP contribution < -0.4 is 10.2 Å². The smallest absolute Gasteiger partial charge is 0.270 e. The molecule has 0 atom stereocenters. The molecule has 3 rings (SSSR count). The first-order chi connectivity index (χ1) is 10.7. The Kier molecular flexibility index (Phi) is 4.27. The van der Waals surface area contributed by atoms with Crippen molar-refractivity contribution < 1.29 is 4.79 Å². The van der Waals surface area contributed by atoms with Crippen LogP contribution in [0.25, 0.3) is 0 Å². The number of hydrogen-bond donors (Lipinski definition) is 1. The van der Waals surface area contributed by atoms with E-state index in [-0.39, 0.29) is 11.9 Å². The Morgan fingerprint density at radius 1 is 1.18 bits per heavy atom. The zero-order chi connectivity index (χ0) is 15.4. The van der Waals surface area contributed by atoms with Gasteiger partial charge in [0.2, 0.25) is 5.95 Å². The lowest BCUT2D eigenvalue weighted by atomic mass is 10.1. The van der Waals surface area contributed by atoms with Crippen LogP contribution in [0, 0.1) is 6.92 Å². The van der Waals surface area contributed by atoms with Crippen molar-refractivity contribution in [2.45, 2.75) is 25.8 Å². The standard InChI is InChI=1S/C16H19N5O/c1-12-5-9-18-16(19-12)21-10-6-13(7-11-21)20-15(22)14-4-2-3-8-17-14/h2-5,8-9,13H,6-7,10-11H2,1H3,(H,20,22). The van der Waals surface area contributed by atoms with E-state index in [4.69, 9.17) is 0 Å². The number of rotatable bonds is 3. The summed E-state index contributed by atoms with van der Waals surface area (Å²) in [5.74, 6) is 0.667. The molecule has 0 aliphatic carbocycles. The molecule has 1 aliphatic rings. The molecule has 2 aromatic heterocycles. The molecule has 0 bridgehead atoms. The van der Waals surface area contributed by atoms with Crippen LogP contribution in [0.1, 0.15) is 29.0 Å². The van der Waals surface area contributed by atoms with Gasteiger partial charge in [-0.05, 0) is 38.0 Å². The number of nitrogens with one attached hydrogen (secondary N) is 1. The monoisotopic (exact) mass is 297 g/mol. The minimum atomic E-state index is -0.106. The fraction of sp³-hybridized carbons (Fsp3) is 0.375. The maximum atomic E-state index is 12.1. The second-order valence-electron chi connectivity index (χ2n) is 5.45. The second kappa shape index (κ2) is 6.51. The van der Waals surface area contributed by atoms with E-state index in [0.717, 1.165) is 37.6 Å². The normalized spacial score (nSPS) is 15.6. The summed E-state index contributed by atoms with van der Waals surface area (Å²) in [6, 6.07) is 7.42. The van der Waals surface area contributed by atoms with Gasteiger partial charge in [0.25, 0.3) is 5.91 Å². The molecule has 0 saturated carbocycles. The molecule has 2 aromatic rings. The first-order valence-corrected chi connectivity index (χ1v) is 7.49. The first kappa shape index (κ1) is 14.4. The van der Waals surface area contributed by atoms with E-state index in [0.29, 0.717) is 5.69 Å². The van der Waals surface area contributed by atoms with Crippen LogP contribution in [0.15, 0.2) is 36.7 Å². The van der Waals surface area contributed by atoms with Gasteiger partial charge >= 0.3 is 0 Å². The quantitative estimate of drug-likeness (QED) is 0.931. The predicted molar refractivity (Wildman–Crippen MR) is 83.7 cm³/mol. The predicted octanol–water partition coefficient (Wildman–Crippen LogP) is 1.58. The van der Waals surface area contributed by atoms with Gasteiger partial charge in [-0.2, -0.15) is 0 Å². The third-order valence-electron chi connectivity index (χ3n) is 3.79. The van der Waals surface area contributed by atoms with Crippen LogP contribution in [-0.4, -0.2) is 40.0 Å². The summed E-state index contributed by atoms with van der Waals surface area (Å²) >= 11 is 0. The van der Waals surface area contributed by atoms with Crippen LogP contribution in [-0.2, 0) is 0 Å². The molecule has 0 radical (unpaired) electrons. The third-order valence-corrected chi connectivity index (χ3v) is 3.79. The maximum absolute atomic E-state index is 12.1. The third kappa shape index (κ3) is 3.39. The fourth-order valence-electron chi connectivity index (χ4n) is 2.57. The van der Waals surface area contributed by atoms with Gasteiger partial charge in [0, 0.05) is 37.2 Å². The van der Waals surface area contributed by atoms with Crippen molar-refractivity contribution in [3.63, 3.8) is 0 Å². The Bertz CT molecular complexity index is 638. The molecule has 114 valence electrons. The first-order valence-electron chi connectivity index (χ1n) is 7.49. The van der Waals surface area contributed by atoms with Crippen LogP contribution in [0.5, 0.6) is 0 Å². The number of aryl methyl sites for hydroxylation is 1. The van der Waals surface area contributed by atoms with Crippen molar-refractivity contribution >= 4 is 11.9 Å². The van der Waals surface area contributed by atoms with Gasteiger partial charge in [0.1, 0.15) is 5.69 Å². The van der Waals surface area contributed by atoms with Crippen molar-refractivity contribution in [3.05, 3.63) is 48.0 Å². The summed E-state index contributed by atoms with van der Waals surface area (Å²) < 4.78 is 0. The molecule has 1 N–H and O–H groups in total. The Labute approximate surface area is 129 Å². The van der Waals surface area contributed by atoms with E-state index in [9.17, 15) is 4.79 Å². The zero-order valence-electron chi connectivity index (χ0n) is 12.6. The molecule has 0 aromatic carbocycles. The summed E-state index contributed by atoms with van der Waals surface area (Å²) in [7, 11) is 0. The minimum Gasteiger partial charge on any atom is -0.348 e. The molecule has 3 heterocycles. The van der Waals surface area contributed by atoms with Crippen molar-refractivity contribution in [1.82, 2.24) is 20.3 Å². The summed E-state index contributed by atoms with van der Waals surface area (Å²) in [4.78, 5) is 27.1. The highest BCUT2D eigenvalue weighted by molar-refractivity contribution is 5.92. The van der Waals surface area contributed by atoms with Crippen LogP contribution >= 0.6 is 0 Å². The molecule has 1 aliphatic heterocycles. The number of carbonyl (C=O) groups excluding carboxylic acids is 1. The lowest BCUT2D eigenvalue weighted by molar-refractivity contribution is 0.0926. The number of anilines is 1. The molecule has 0 unspecified atom stereocenters. The summed E-state index contributed by atoms with van der Waals surface area (Å²) in [5, 5.41) is 3.05. The van der Waals surface area contributed by atoms with E-state index < -0.39 is 0 Å². The van der Waals surface area contributed by atoms with Crippen molar-refractivity contribution in [1.29, 1.82) is 0 Å². The molecule has 1 saturated heterocycles. The highest BCUT2D eigenvalue weighted by Gasteiger charge is 2.22. The highest BCUT2D eigenvalue weighted by Crippen LogP contribution is 2.16.